The molecule has 0 saturated carbocycles. The van der Waals surface area contributed by atoms with Crippen LogP contribution in [-0.4, -0.2) is 26.3 Å². The molecule has 0 spiro atoms. The van der Waals surface area contributed by atoms with Gasteiger partial charge in [0.25, 0.3) is 0 Å². The van der Waals surface area contributed by atoms with Gasteiger partial charge in [-0.15, -0.1) is 0 Å². The lowest BCUT2D eigenvalue weighted by Crippen LogP contribution is -2.03. The minimum Gasteiger partial charge on any atom is -0.370 e. The van der Waals surface area contributed by atoms with Gasteiger partial charge in [-0.1, -0.05) is 6.92 Å². The Hall–Kier alpha value is -1.91. The summed E-state index contributed by atoms with van der Waals surface area (Å²) < 4.78 is 1.81. The predicted octanol–water partition coefficient (Wildman–Crippen LogP) is 2.18. The Morgan fingerprint density at radius 3 is 2.72 bits per heavy atom. The number of hydrogen-bond donors (Lipinski definition) is 1. The second kappa shape index (κ2) is 5.16. The van der Waals surface area contributed by atoms with Crippen molar-refractivity contribution in [2.45, 2.75) is 27.2 Å². The van der Waals surface area contributed by atoms with Gasteiger partial charge in [-0.25, -0.2) is 9.97 Å². The lowest BCUT2D eigenvalue weighted by Gasteiger charge is -2.06. The molecule has 0 unspecified atom stereocenters. The first kappa shape index (κ1) is 12.5. The summed E-state index contributed by atoms with van der Waals surface area (Å²) in [6.07, 6.45) is 2.85. The molecule has 5 nitrogen and oxygen atoms in total. The Balaban J connectivity index is 2.48. The first-order valence-corrected chi connectivity index (χ1v) is 6.26. The maximum Gasteiger partial charge on any atom is 0.165 e. The van der Waals surface area contributed by atoms with Gasteiger partial charge in [0.15, 0.2) is 5.82 Å². The van der Waals surface area contributed by atoms with Crippen molar-refractivity contribution in [3.63, 3.8) is 0 Å². The number of anilines is 1. The average Bonchev–Trinajstić information content (AvgIpc) is 2.70. The summed E-state index contributed by atoms with van der Waals surface area (Å²) in [4.78, 5) is 9.04. The molecular weight excluding hydrogens is 226 g/mol. The fraction of sp³-hybridized carbons (Fsp3) is 0.462. The molecule has 2 rings (SSSR count). The first-order chi connectivity index (χ1) is 8.63. The van der Waals surface area contributed by atoms with E-state index in [-0.39, 0.29) is 0 Å². The number of hydrogen-bond acceptors (Lipinski definition) is 4. The third-order valence-corrected chi connectivity index (χ3v) is 2.69. The molecule has 18 heavy (non-hydrogen) atoms. The van der Waals surface area contributed by atoms with Crippen LogP contribution in [0.1, 0.15) is 25.2 Å². The summed E-state index contributed by atoms with van der Waals surface area (Å²) in [7, 11) is 1.92. The van der Waals surface area contributed by atoms with Crippen LogP contribution in [0.3, 0.4) is 0 Å². The maximum atomic E-state index is 4.54. The van der Waals surface area contributed by atoms with E-state index in [1.165, 1.54) is 0 Å². The first-order valence-electron chi connectivity index (χ1n) is 6.26. The highest BCUT2D eigenvalue weighted by molar-refractivity contribution is 5.59. The van der Waals surface area contributed by atoms with Gasteiger partial charge < -0.3 is 5.32 Å². The van der Waals surface area contributed by atoms with Crippen LogP contribution in [0, 0.1) is 6.92 Å². The van der Waals surface area contributed by atoms with Crippen LogP contribution in [0.25, 0.3) is 11.4 Å². The Kier molecular flexibility index (Phi) is 3.60. The highest BCUT2D eigenvalue weighted by atomic mass is 15.3. The quantitative estimate of drug-likeness (QED) is 0.897. The second-order valence-corrected chi connectivity index (χ2v) is 4.27. The second-order valence-electron chi connectivity index (χ2n) is 4.27. The number of aryl methyl sites for hydroxylation is 3. The van der Waals surface area contributed by atoms with E-state index in [0.717, 1.165) is 41.6 Å². The van der Waals surface area contributed by atoms with Crippen molar-refractivity contribution >= 4 is 5.82 Å². The highest BCUT2D eigenvalue weighted by Crippen LogP contribution is 2.21. The van der Waals surface area contributed by atoms with Crippen molar-refractivity contribution in [3.8, 4) is 11.4 Å². The molecule has 2 aromatic heterocycles. The molecule has 0 bridgehead atoms. The molecule has 2 aromatic rings. The van der Waals surface area contributed by atoms with E-state index in [0.29, 0.717) is 0 Å². The fourth-order valence-electron chi connectivity index (χ4n) is 1.94. The molecule has 0 aromatic carbocycles. The summed E-state index contributed by atoms with van der Waals surface area (Å²) in [6.45, 7) is 6.98. The Bertz CT molecular complexity index is 544. The Morgan fingerprint density at radius 2 is 2.06 bits per heavy atom. The van der Waals surface area contributed by atoms with Gasteiger partial charge in [0, 0.05) is 31.5 Å². The van der Waals surface area contributed by atoms with Gasteiger partial charge in [-0.3, -0.25) is 4.68 Å². The van der Waals surface area contributed by atoms with Crippen LogP contribution in [0.5, 0.6) is 0 Å². The zero-order valence-electron chi connectivity index (χ0n) is 11.4. The van der Waals surface area contributed by atoms with Crippen molar-refractivity contribution in [2.24, 2.45) is 7.05 Å². The summed E-state index contributed by atoms with van der Waals surface area (Å²) in [6, 6.07) is 1.95. The third kappa shape index (κ3) is 2.50. The van der Waals surface area contributed by atoms with E-state index in [9.17, 15) is 0 Å². The summed E-state index contributed by atoms with van der Waals surface area (Å²) in [5.74, 6) is 1.61. The molecule has 0 saturated heterocycles. The van der Waals surface area contributed by atoms with Crippen LogP contribution in [0.15, 0.2) is 12.3 Å². The van der Waals surface area contributed by atoms with Crippen LogP contribution in [0.4, 0.5) is 5.82 Å². The van der Waals surface area contributed by atoms with Gasteiger partial charge in [0.1, 0.15) is 5.82 Å². The zero-order valence-corrected chi connectivity index (χ0v) is 11.4. The van der Waals surface area contributed by atoms with Crippen molar-refractivity contribution in [3.05, 3.63) is 23.7 Å². The van der Waals surface area contributed by atoms with Crippen LogP contribution >= 0.6 is 0 Å². The number of aromatic nitrogens is 4. The molecule has 0 fully saturated rings. The highest BCUT2D eigenvalue weighted by Gasteiger charge is 2.12. The van der Waals surface area contributed by atoms with Gasteiger partial charge in [0.2, 0.25) is 0 Å². The van der Waals surface area contributed by atoms with E-state index in [2.05, 4.69) is 34.2 Å². The van der Waals surface area contributed by atoms with E-state index in [1.807, 2.05) is 30.9 Å². The third-order valence-electron chi connectivity index (χ3n) is 2.69. The predicted molar refractivity (Wildman–Crippen MR) is 72.5 cm³/mol. The minimum absolute atomic E-state index is 0.746. The molecule has 0 aliphatic heterocycles. The lowest BCUT2D eigenvalue weighted by molar-refractivity contribution is 0.746. The van der Waals surface area contributed by atoms with Gasteiger partial charge in [-0.2, -0.15) is 5.10 Å². The summed E-state index contributed by atoms with van der Waals surface area (Å²) in [5, 5.41) is 7.65. The van der Waals surface area contributed by atoms with Gasteiger partial charge in [0.05, 0.1) is 11.3 Å². The minimum atomic E-state index is 0.746. The lowest BCUT2D eigenvalue weighted by atomic mass is 10.2. The standard InChI is InChI=1S/C13H19N5/c1-5-11-10(8-18(4)17-11)13-15-9(3)7-12(16-13)14-6-2/h7-8H,5-6H2,1-4H3,(H,14,15,16). The number of rotatable bonds is 4. The molecule has 0 amide bonds. The van der Waals surface area contributed by atoms with E-state index in [1.54, 1.807) is 0 Å². The largest absolute Gasteiger partial charge is 0.370 e. The monoisotopic (exact) mass is 245 g/mol. The number of nitrogens with zero attached hydrogens (tertiary/aromatic N) is 4. The van der Waals surface area contributed by atoms with Crippen molar-refractivity contribution in [1.29, 1.82) is 0 Å². The Labute approximate surface area is 107 Å². The molecule has 5 heteroatoms. The molecular formula is C13H19N5. The van der Waals surface area contributed by atoms with Gasteiger partial charge in [-0.05, 0) is 20.3 Å². The summed E-state index contributed by atoms with van der Waals surface area (Å²) in [5.41, 5.74) is 3.01. The SMILES string of the molecule is CCNc1cc(C)nc(-c2cn(C)nc2CC)n1. The molecule has 0 aliphatic rings. The molecule has 96 valence electrons. The molecule has 0 radical (unpaired) electrons. The molecule has 0 atom stereocenters. The van der Waals surface area contributed by atoms with E-state index in [4.69, 9.17) is 0 Å². The molecule has 1 N–H and O–H groups in total. The molecule has 2 heterocycles. The van der Waals surface area contributed by atoms with Crippen molar-refractivity contribution in [1.82, 2.24) is 19.7 Å². The van der Waals surface area contributed by atoms with Crippen molar-refractivity contribution in [2.75, 3.05) is 11.9 Å². The topological polar surface area (TPSA) is 55.6 Å². The fourth-order valence-corrected chi connectivity index (χ4v) is 1.94. The molecule has 0 aliphatic carbocycles. The number of nitrogens with one attached hydrogen (secondary N) is 1. The normalized spacial score (nSPS) is 10.7. The van der Waals surface area contributed by atoms with E-state index < -0.39 is 0 Å². The maximum absolute atomic E-state index is 4.54. The van der Waals surface area contributed by atoms with Crippen LogP contribution < -0.4 is 5.32 Å². The summed E-state index contributed by atoms with van der Waals surface area (Å²) >= 11 is 0. The Morgan fingerprint density at radius 1 is 1.28 bits per heavy atom. The average molecular weight is 245 g/mol. The van der Waals surface area contributed by atoms with Crippen molar-refractivity contribution < 1.29 is 0 Å². The van der Waals surface area contributed by atoms with Crippen LogP contribution in [0.2, 0.25) is 0 Å². The smallest absolute Gasteiger partial charge is 0.165 e. The van der Waals surface area contributed by atoms with Crippen LogP contribution in [-0.2, 0) is 13.5 Å². The zero-order chi connectivity index (χ0) is 13.1. The van der Waals surface area contributed by atoms with Gasteiger partial charge >= 0.3 is 0 Å². The van der Waals surface area contributed by atoms with E-state index >= 15 is 0 Å².